The van der Waals surface area contributed by atoms with E-state index in [4.69, 9.17) is 16.2 Å². The predicted molar refractivity (Wildman–Crippen MR) is 116 cm³/mol. The number of pyridine rings is 1. The van der Waals surface area contributed by atoms with Crippen LogP contribution in [-0.4, -0.2) is 34.1 Å². The molecular weight excluding hydrogens is 380 g/mol. The quantitative estimate of drug-likeness (QED) is 0.609. The summed E-state index contributed by atoms with van der Waals surface area (Å²) in [6.07, 6.45) is 4.56. The maximum atomic E-state index is 13.4. The van der Waals surface area contributed by atoms with Gasteiger partial charge in [0, 0.05) is 31.2 Å². The molecule has 1 fully saturated rings. The van der Waals surface area contributed by atoms with Gasteiger partial charge in [0.1, 0.15) is 5.82 Å². The molecule has 0 saturated carbocycles. The van der Waals surface area contributed by atoms with Crippen LogP contribution in [0.4, 0.5) is 17.5 Å². The minimum atomic E-state index is -0.689. The molecule has 0 atom stereocenters. The number of nitrogens with one attached hydrogen (secondary N) is 1. The summed E-state index contributed by atoms with van der Waals surface area (Å²) in [5, 5.41) is 2.98. The van der Waals surface area contributed by atoms with E-state index in [2.05, 4.69) is 20.3 Å². The van der Waals surface area contributed by atoms with E-state index in [1.807, 2.05) is 31.2 Å². The number of hydrogen-bond acceptors (Lipinski definition) is 7. The van der Waals surface area contributed by atoms with E-state index in [0.717, 1.165) is 16.7 Å². The van der Waals surface area contributed by atoms with Gasteiger partial charge in [-0.15, -0.1) is 0 Å². The highest BCUT2D eigenvalue weighted by Crippen LogP contribution is 2.37. The van der Waals surface area contributed by atoms with Crippen LogP contribution in [0.2, 0.25) is 0 Å². The average Bonchev–Trinajstić information content (AvgIpc) is 2.77. The van der Waals surface area contributed by atoms with E-state index in [0.29, 0.717) is 43.3 Å². The first-order valence-electron chi connectivity index (χ1n) is 9.79. The number of ether oxygens (including phenoxy) is 1. The topological polar surface area (TPSA) is 129 Å². The summed E-state index contributed by atoms with van der Waals surface area (Å²) < 4.78 is 5.55. The molecule has 1 amide bonds. The number of nitrogen functional groups attached to an aromatic ring is 2. The van der Waals surface area contributed by atoms with Gasteiger partial charge in [0.15, 0.2) is 0 Å². The molecule has 30 heavy (non-hydrogen) atoms. The van der Waals surface area contributed by atoms with E-state index < -0.39 is 5.41 Å². The third-order valence-electron chi connectivity index (χ3n) is 5.59. The van der Waals surface area contributed by atoms with Crippen molar-refractivity contribution >= 4 is 23.4 Å². The average molecular weight is 404 g/mol. The van der Waals surface area contributed by atoms with Gasteiger partial charge in [0.05, 0.1) is 16.8 Å². The number of aromatic nitrogens is 3. The Bertz CT molecular complexity index is 1040. The summed E-state index contributed by atoms with van der Waals surface area (Å²) in [6.45, 7) is 2.86. The van der Waals surface area contributed by atoms with E-state index in [-0.39, 0.29) is 11.9 Å². The Morgan fingerprint density at radius 1 is 1.00 bits per heavy atom. The van der Waals surface area contributed by atoms with Gasteiger partial charge in [-0.25, -0.2) is 15.0 Å². The van der Waals surface area contributed by atoms with Crippen LogP contribution in [0.5, 0.6) is 0 Å². The normalized spacial score (nSPS) is 15.5. The summed E-state index contributed by atoms with van der Waals surface area (Å²) in [7, 11) is 0. The molecule has 5 N–H and O–H groups in total. The Hall–Kier alpha value is -3.52. The van der Waals surface area contributed by atoms with Gasteiger partial charge in [-0.3, -0.25) is 4.79 Å². The highest BCUT2D eigenvalue weighted by Gasteiger charge is 2.42. The molecule has 0 bridgehead atoms. The molecule has 1 aliphatic rings. The monoisotopic (exact) mass is 404 g/mol. The summed E-state index contributed by atoms with van der Waals surface area (Å²) in [5.41, 5.74) is 14.8. The molecule has 1 aromatic carbocycles. The van der Waals surface area contributed by atoms with Crippen LogP contribution in [0.15, 0.2) is 48.8 Å². The lowest BCUT2D eigenvalue weighted by Gasteiger charge is -2.36. The fourth-order valence-electron chi connectivity index (χ4n) is 3.71. The van der Waals surface area contributed by atoms with Gasteiger partial charge in [0.25, 0.3) is 0 Å². The van der Waals surface area contributed by atoms with E-state index in [9.17, 15) is 4.79 Å². The number of nitrogens with zero attached hydrogens (tertiary/aromatic N) is 3. The molecule has 2 aromatic heterocycles. The van der Waals surface area contributed by atoms with Gasteiger partial charge in [-0.05, 0) is 43.0 Å². The number of carbonyl (C=O) groups excluding carboxylic acids is 1. The third-order valence-corrected chi connectivity index (χ3v) is 5.59. The highest BCUT2D eigenvalue weighted by atomic mass is 16.5. The number of nitrogens with two attached hydrogens (primary N) is 2. The Labute approximate surface area is 174 Å². The predicted octanol–water partition coefficient (Wildman–Crippen LogP) is 2.70. The lowest BCUT2D eigenvalue weighted by molar-refractivity contribution is -0.125. The van der Waals surface area contributed by atoms with E-state index >= 15 is 0 Å². The Morgan fingerprint density at radius 3 is 2.30 bits per heavy atom. The van der Waals surface area contributed by atoms with Crippen molar-refractivity contribution < 1.29 is 9.53 Å². The summed E-state index contributed by atoms with van der Waals surface area (Å²) >= 11 is 0. The van der Waals surface area contributed by atoms with Crippen LogP contribution in [0.25, 0.3) is 11.1 Å². The maximum Gasteiger partial charge on any atom is 0.236 e. The summed E-state index contributed by atoms with van der Waals surface area (Å²) in [4.78, 5) is 25.9. The molecule has 0 spiro atoms. The zero-order valence-corrected chi connectivity index (χ0v) is 16.8. The van der Waals surface area contributed by atoms with Crippen molar-refractivity contribution in [3.63, 3.8) is 0 Å². The molecule has 3 heterocycles. The first kappa shape index (κ1) is 19.8. The first-order chi connectivity index (χ1) is 14.5. The van der Waals surface area contributed by atoms with Crippen LogP contribution in [0.3, 0.4) is 0 Å². The number of hydrogen-bond donors (Lipinski definition) is 3. The zero-order chi connectivity index (χ0) is 21.1. The Morgan fingerprint density at radius 2 is 1.67 bits per heavy atom. The van der Waals surface area contributed by atoms with Crippen LogP contribution < -0.4 is 16.8 Å². The Balaban J connectivity index is 1.63. The number of rotatable bonds is 4. The van der Waals surface area contributed by atoms with E-state index in [1.54, 1.807) is 24.5 Å². The molecule has 0 aliphatic carbocycles. The maximum absolute atomic E-state index is 13.4. The summed E-state index contributed by atoms with van der Waals surface area (Å²) in [5.74, 6) is 0.638. The molecule has 4 rings (SSSR count). The molecule has 8 nitrogen and oxygen atoms in total. The van der Waals surface area contributed by atoms with Crippen LogP contribution >= 0.6 is 0 Å². The highest BCUT2D eigenvalue weighted by molar-refractivity contribution is 5.99. The van der Waals surface area contributed by atoms with Crippen molar-refractivity contribution in [2.45, 2.75) is 25.2 Å². The zero-order valence-electron chi connectivity index (χ0n) is 16.8. The first-order valence-corrected chi connectivity index (χ1v) is 9.79. The lowest BCUT2D eigenvalue weighted by atomic mass is 9.73. The number of carbonyl (C=O) groups is 1. The van der Waals surface area contributed by atoms with Crippen LogP contribution in [0.1, 0.15) is 24.1 Å². The smallest absolute Gasteiger partial charge is 0.236 e. The molecule has 0 unspecified atom stereocenters. The SMILES string of the molecule is Cc1nc(NC(=O)C2(c3ccc(-c4cnc(N)nc4)cc3)CCOCC2)ccc1N. The van der Waals surface area contributed by atoms with Crippen molar-refractivity contribution in [1.29, 1.82) is 0 Å². The molecular formula is C22H24N6O2. The van der Waals surface area contributed by atoms with Gasteiger partial charge >= 0.3 is 0 Å². The second-order valence-corrected chi connectivity index (χ2v) is 7.43. The van der Waals surface area contributed by atoms with Crippen molar-refractivity contribution in [1.82, 2.24) is 15.0 Å². The summed E-state index contributed by atoms with van der Waals surface area (Å²) in [6, 6.07) is 11.4. The van der Waals surface area contributed by atoms with Crippen molar-refractivity contribution in [3.8, 4) is 11.1 Å². The molecule has 8 heteroatoms. The number of aryl methyl sites for hydroxylation is 1. The van der Waals surface area contributed by atoms with Gasteiger partial charge < -0.3 is 21.5 Å². The molecule has 0 radical (unpaired) electrons. The van der Waals surface area contributed by atoms with Crippen LogP contribution in [0, 0.1) is 6.92 Å². The number of benzene rings is 1. The van der Waals surface area contributed by atoms with Gasteiger partial charge in [-0.1, -0.05) is 24.3 Å². The second-order valence-electron chi connectivity index (χ2n) is 7.43. The largest absolute Gasteiger partial charge is 0.397 e. The van der Waals surface area contributed by atoms with Gasteiger partial charge in [0.2, 0.25) is 11.9 Å². The number of amides is 1. The minimum absolute atomic E-state index is 0.0916. The third kappa shape index (κ3) is 3.81. The molecule has 3 aromatic rings. The fourth-order valence-corrected chi connectivity index (χ4v) is 3.71. The standard InChI is InChI=1S/C22H24N6O2/c1-14-18(23)6-7-19(27-14)28-20(29)22(8-10-30-11-9-22)17-4-2-15(3-5-17)16-12-25-21(24)26-13-16/h2-7,12-13H,8-11,23H2,1H3,(H2,24,25,26)(H,27,28,29). The van der Waals surface area contributed by atoms with Crippen molar-refractivity contribution in [3.05, 3.63) is 60.0 Å². The fraction of sp³-hybridized carbons (Fsp3) is 0.273. The second kappa shape index (κ2) is 8.08. The molecule has 1 aliphatic heterocycles. The van der Waals surface area contributed by atoms with Crippen LogP contribution in [-0.2, 0) is 14.9 Å². The minimum Gasteiger partial charge on any atom is -0.397 e. The van der Waals surface area contributed by atoms with Crippen molar-refractivity contribution in [2.24, 2.45) is 0 Å². The molecule has 154 valence electrons. The van der Waals surface area contributed by atoms with Crippen molar-refractivity contribution in [2.75, 3.05) is 30.0 Å². The number of anilines is 3. The van der Waals surface area contributed by atoms with E-state index in [1.165, 1.54) is 0 Å². The van der Waals surface area contributed by atoms with Gasteiger partial charge in [-0.2, -0.15) is 0 Å². The molecule has 1 saturated heterocycles. The Kier molecular flexibility index (Phi) is 5.33. The lowest BCUT2D eigenvalue weighted by Crippen LogP contribution is -2.45.